The number of aryl methyl sites for hydroxylation is 1. The topological polar surface area (TPSA) is 99.4 Å². The van der Waals surface area contributed by atoms with E-state index in [1.54, 1.807) is 28.8 Å². The highest BCUT2D eigenvalue weighted by molar-refractivity contribution is 6.39. The number of para-hydroxylation sites is 1. The summed E-state index contributed by atoms with van der Waals surface area (Å²) in [5, 5.41) is 13.7. The summed E-state index contributed by atoms with van der Waals surface area (Å²) in [4.78, 5) is 25.2. The first-order valence-electron chi connectivity index (χ1n) is 9.65. The molecule has 1 aliphatic rings. The summed E-state index contributed by atoms with van der Waals surface area (Å²) in [5.74, 6) is 0.940. The zero-order chi connectivity index (χ0) is 21.7. The molecule has 154 valence electrons. The Labute approximate surface area is 186 Å². The van der Waals surface area contributed by atoms with Gasteiger partial charge in [-0.15, -0.1) is 0 Å². The van der Waals surface area contributed by atoms with Gasteiger partial charge < -0.3 is 14.9 Å². The smallest absolute Gasteiger partial charge is 0.261 e. The van der Waals surface area contributed by atoms with Gasteiger partial charge in [0.25, 0.3) is 5.56 Å². The number of anilines is 2. The number of nitrogens with zero attached hydrogens (tertiary/aromatic N) is 4. The van der Waals surface area contributed by atoms with Crippen molar-refractivity contribution in [2.24, 2.45) is 13.0 Å². The Morgan fingerprint density at radius 1 is 1.19 bits per heavy atom. The number of hydrogen-bond donors (Lipinski definition) is 2. The first-order valence-corrected chi connectivity index (χ1v) is 10.4. The van der Waals surface area contributed by atoms with E-state index in [0.29, 0.717) is 62.3 Å². The lowest BCUT2D eigenvalue weighted by Gasteiger charge is -2.10. The van der Waals surface area contributed by atoms with Crippen molar-refractivity contribution in [1.82, 2.24) is 19.5 Å². The first kappa shape index (κ1) is 19.6. The SMILES string of the molecule is Cn1c(Nc2c(Cl)cccc2Cl)nc2ccc3nc(C4=CCC(C#N)C4)[nH]c(=O)c3c21. The molecule has 1 aliphatic carbocycles. The molecule has 0 aliphatic heterocycles. The van der Waals surface area contributed by atoms with Gasteiger partial charge in [0.2, 0.25) is 5.95 Å². The molecule has 2 heterocycles. The van der Waals surface area contributed by atoms with Crippen LogP contribution >= 0.6 is 23.2 Å². The molecular formula is C22H16Cl2N6O. The van der Waals surface area contributed by atoms with Crippen LogP contribution in [0.5, 0.6) is 0 Å². The summed E-state index contributed by atoms with van der Waals surface area (Å²) in [7, 11) is 1.81. The number of allylic oxidation sites excluding steroid dienone is 2. The molecule has 5 rings (SSSR count). The van der Waals surface area contributed by atoms with Gasteiger partial charge in [-0.05, 0) is 42.7 Å². The number of aromatic nitrogens is 4. The van der Waals surface area contributed by atoms with Crippen molar-refractivity contribution in [3.8, 4) is 6.07 Å². The Morgan fingerprint density at radius 2 is 1.94 bits per heavy atom. The maximum Gasteiger partial charge on any atom is 0.261 e. The fourth-order valence-corrected chi connectivity index (χ4v) is 4.42. The molecule has 0 radical (unpaired) electrons. The minimum Gasteiger partial charge on any atom is -0.323 e. The molecule has 1 unspecified atom stereocenters. The minimum absolute atomic E-state index is 0.0687. The third-order valence-corrected chi connectivity index (χ3v) is 6.14. The van der Waals surface area contributed by atoms with Gasteiger partial charge in [-0.1, -0.05) is 35.3 Å². The third-order valence-electron chi connectivity index (χ3n) is 5.51. The average molecular weight is 451 g/mol. The second-order valence-corrected chi connectivity index (χ2v) is 8.27. The molecule has 2 aromatic heterocycles. The fourth-order valence-electron chi connectivity index (χ4n) is 3.93. The lowest BCUT2D eigenvalue weighted by molar-refractivity contribution is 0.735. The molecule has 1 atom stereocenters. The van der Waals surface area contributed by atoms with Crippen molar-refractivity contribution in [1.29, 1.82) is 5.26 Å². The van der Waals surface area contributed by atoms with E-state index in [4.69, 9.17) is 28.5 Å². The van der Waals surface area contributed by atoms with E-state index in [1.807, 2.05) is 19.2 Å². The van der Waals surface area contributed by atoms with E-state index in [-0.39, 0.29) is 11.5 Å². The van der Waals surface area contributed by atoms with Gasteiger partial charge >= 0.3 is 0 Å². The Bertz CT molecular complexity index is 1470. The average Bonchev–Trinajstić information content (AvgIpc) is 3.35. The number of hydrogen-bond acceptors (Lipinski definition) is 5. The molecular weight excluding hydrogens is 435 g/mol. The molecule has 0 fully saturated rings. The Balaban J connectivity index is 1.64. The van der Waals surface area contributed by atoms with E-state index in [9.17, 15) is 4.79 Å². The van der Waals surface area contributed by atoms with E-state index in [2.05, 4.69) is 26.3 Å². The quantitative estimate of drug-likeness (QED) is 0.447. The number of benzene rings is 2. The first-order chi connectivity index (χ1) is 15.0. The minimum atomic E-state index is -0.253. The zero-order valence-electron chi connectivity index (χ0n) is 16.4. The molecule has 2 aromatic carbocycles. The van der Waals surface area contributed by atoms with E-state index < -0.39 is 0 Å². The van der Waals surface area contributed by atoms with Crippen LogP contribution in [0.4, 0.5) is 11.6 Å². The largest absolute Gasteiger partial charge is 0.323 e. The number of nitriles is 1. The van der Waals surface area contributed by atoms with Crippen molar-refractivity contribution in [3.63, 3.8) is 0 Å². The number of rotatable bonds is 3. The number of imidazole rings is 1. The molecule has 31 heavy (non-hydrogen) atoms. The number of H-pyrrole nitrogens is 1. The molecule has 4 aromatic rings. The standard InChI is InChI=1S/C22H16Cl2N6O/c1-30-19-16(27-22(30)28-18-13(23)3-2-4-14(18)24)8-7-15-17(19)21(31)29-20(26-15)12-6-5-11(9-12)10-25/h2-4,6-8,11H,5,9H2,1H3,(H,27,28)(H,26,29,31). The van der Waals surface area contributed by atoms with Gasteiger partial charge in [0.05, 0.1) is 49.7 Å². The van der Waals surface area contributed by atoms with Gasteiger partial charge in [-0.2, -0.15) is 5.26 Å². The van der Waals surface area contributed by atoms with E-state index >= 15 is 0 Å². The number of nitrogens with one attached hydrogen (secondary N) is 2. The fraction of sp³-hybridized carbons (Fsp3) is 0.182. The van der Waals surface area contributed by atoms with Gasteiger partial charge in [-0.3, -0.25) is 4.79 Å². The van der Waals surface area contributed by atoms with Crippen LogP contribution < -0.4 is 10.9 Å². The van der Waals surface area contributed by atoms with Gasteiger partial charge in [-0.25, -0.2) is 9.97 Å². The summed E-state index contributed by atoms with van der Waals surface area (Å²) in [6.45, 7) is 0. The molecule has 0 spiro atoms. The van der Waals surface area contributed by atoms with Crippen LogP contribution in [0.1, 0.15) is 18.7 Å². The number of fused-ring (bicyclic) bond motifs is 3. The Hall–Kier alpha value is -3.34. The van der Waals surface area contributed by atoms with Crippen LogP contribution in [0.2, 0.25) is 10.0 Å². The van der Waals surface area contributed by atoms with Crippen molar-refractivity contribution in [3.05, 3.63) is 62.6 Å². The van der Waals surface area contributed by atoms with Crippen molar-refractivity contribution in [2.75, 3.05) is 5.32 Å². The van der Waals surface area contributed by atoms with E-state index in [0.717, 1.165) is 5.57 Å². The Kier molecular flexibility index (Phi) is 4.69. The summed E-state index contributed by atoms with van der Waals surface area (Å²) in [5.41, 5.74) is 3.05. The lowest BCUT2D eigenvalue weighted by atomic mass is 10.1. The number of aromatic amines is 1. The molecule has 0 bridgehead atoms. The summed E-state index contributed by atoms with van der Waals surface area (Å²) >= 11 is 12.6. The predicted octanol–water partition coefficient (Wildman–Crippen LogP) is 5.18. The van der Waals surface area contributed by atoms with E-state index in [1.165, 1.54) is 0 Å². The summed E-state index contributed by atoms with van der Waals surface area (Å²) in [6, 6.07) is 11.1. The second kappa shape index (κ2) is 7.41. The van der Waals surface area contributed by atoms with Gasteiger partial charge in [0.15, 0.2) is 0 Å². The summed E-state index contributed by atoms with van der Waals surface area (Å²) in [6.07, 6.45) is 3.23. The second-order valence-electron chi connectivity index (χ2n) is 7.45. The molecule has 7 nitrogen and oxygen atoms in total. The van der Waals surface area contributed by atoms with Gasteiger partial charge in [0.1, 0.15) is 5.82 Å². The van der Waals surface area contributed by atoms with Crippen LogP contribution in [0, 0.1) is 17.2 Å². The zero-order valence-corrected chi connectivity index (χ0v) is 17.9. The van der Waals surface area contributed by atoms with Gasteiger partial charge in [0, 0.05) is 7.05 Å². The van der Waals surface area contributed by atoms with Crippen molar-refractivity contribution < 1.29 is 0 Å². The number of halogens is 2. The van der Waals surface area contributed by atoms with Crippen molar-refractivity contribution >= 4 is 62.3 Å². The highest BCUT2D eigenvalue weighted by Crippen LogP contribution is 2.34. The van der Waals surface area contributed by atoms with Crippen LogP contribution in [0.25, 0.3) is 27.5 Å². The maximum absolute atomic E-state index is 13.1. The van der Waals surface area contributed by atoms with Crippen molar-refractivity contribution in [2.45, 2.75) is 12.8 Å². The highest BCUT2D eigenvalue weighted by Gasteiger charge is 2.21. The molecule has 9 heteroatoms. The lowest BCUT2D eigenvalue weighted by Crippen LogP contribution is -2.13. The van der Waals surface area contributed by atoms with Crippen LogP contribution in [0.3, 0.4) is 0 Å². The predicted molar refractivity (Wildman–Crippen MR) is 123 cm³/mol. The van der Waals surface area contributed by atoms with Crippen LogP contribution in [-0.2, 0) is 7.05 Å². The molecule has 0 amide bonds. The molecule has 0 saturated heterocycles. The van der Waals surface area contributed by atoms with Crippen LogP contribution in [-0.4, -0.2) is 19.5 Å². The normalized spacial score (nSPS) is 15.9. The third kappa shape index (κ3) is 3.25. The molecule has 0 saturated carbocycles. The molecule has 2 N–H and O–H groups in total. The monoisotopic (exact) mass is 450 g/mol. The maximum atomic E-state index is 13.1. The van der Waals surface area contributed by atoms with Crippen LogP contribution in [0.15, 0.2) is 41.2 Å². The highest BCUT2D eigenvalue weighted by atomic mass is 35.5. The Morgan fingerprint density at radius 3 is 2.65 bits per heavy atom. The summed E-state index contributed by atoms with van der Waals surface area (Å²) < 4.78 is 1.79.